The standard InChI is InChI=1S/C14H25N3O/c1-2-16-7-9-17(10-8-16)13(18)12-11-14(12)3-5-15-6-4-14/h12,15H,2-11H2,1H3. The maximum atomic E-state index is 12.5. The van der Waals surface area contributed by atoms with Crippen LogP contribution in [-0.4, -0.2) is 61.5 Å². The minimum Gasteiger partial charge on any atom is -0.340 e. The van der Waals surface area contributed by atoms with Gasteiger partial charge in [-0.15, -0.1) is 0 Å². The number of amides is 1. The van der Waals surface area contributed by atoms with Gasteiger partial charge in [-0.3, -0.25) is 4.79 Å². The van der Waals surface area contributed by atoms with E-state index in [2.05, 4.69) is 22.0 Å². The summed E-state index contributed by atoms with van der Waals surface area (Å²) in [7, 11) is 0. The first kappa shape index (κ1) is 12.4. The molecular formula is C14H25N3O. The number of likely N-dealkylation sites (N-methyl/N-ethyl adjacent to an activating group) is 1. The lowest BCUT2D eigenvalue weighted by Gasteiger charge is -2.35. The Labute approximate surface area is 110 Å². The first-order valence-electron chi connectivity index (χ1n) is 7.47. The Bertz CT molecular complexity index is 317. The normalized spacial score (nSPS) is 31.6. The number of rotatable bonds is 2. The van der Waals surface area contributed by atoms with Crippen LogP contribution in [0.3, 0.4) is 0 Å². The van der Waals surface area contributed by atoms with Gasteiger partial charge >= 0.3 is 0 Å². The molecule has 4 heteroatoms. The SMILES string of the molecule is CCN1CCN(C(=O)C2CC23CCNCC3)CC1. The van der Waals surface area contributed by atoms with Crippen molar-refractivity contribution in [2.24, 2.45) is 11.3 Å². The summed E-state index contributed by atoms with van der Waals surface area (Å²) in [6.45, 7) is 9.52. The van der Waals surface area contributed by atoms with Crippen molar-refractivity contribution in [3.63, 3.8) is 0 Å². The second-order valence-corrected chi connectivity index (χ2v) is 6.13. The molecule has 3 rings (SSSR count). The van der Waals surface area contributed by atoms with E-state index in [1.54, 1.807) is 0 Å². The zero-order chi connectivity index (χ0) is 12.6. The van der Waals surface area contributed by atoms with Gasteiger partial charge in [-0.2, -0.15) is 0 Å². The van der Waals surface area contributed by atoms with Crippen molar-refractivity contribution in [2.75, 3.05) is 45.8 Å². The summed E-state index contributed by atoms with van der Waals surface area (Å²) in [5.74, 6) is 0.806. The third-order valence-electron chi connectivity index (χ3n) is 5.22. The molecule has 1 unspecified atom stereocenters. The maximum Gasteiger partial charge on any atom is 0.226 e. The van der Waals surface area contributed by atoms with Crippen molar-refractivity contribution in [2.45, 2.75) is 26.2 Å². The van der Waals surface area contributed by atoms with Gasteiger partial charge in [0.25, 0.3) is 0 Å². The number of nitrogens with one attached hydrogen (secondary N) is 1. The van der Waals surface area contributed by atoms with Crippen LogP contribution in [-0.2, 0) is 4.79 Å². The van der Waals surface area contributed by atoms with E-state index in [4.69, 9.17) is 0 Å². The lowest BCUT2D eigenvalue weighted by Crippen LogP contribution is -2.49. The Morgan fingerprint density at radius 1 is 1.22 bits per heavy atom. The zero-order valence-electron chi connectivity index (χ0n) is 11.5. The van der Waals surface area contributed by atoms with E-state index in [-0.39, 0.29) is 0 Å². The number of piperidine rings is 1. The fourth-order valence-corrected chi connectivity index (χ4v) is 3.68. The molecular weight excluding hydrogens is 226 g/mol. The highest BCUT2D eigenvalue weighted by Gasteiger charge is 2.58. The lowest BCUT2D eigenvalue weighted by atomic mass is 9.91. The van der Waals surface area contributed by atoms with Crippen LogP contribution in [0.25, 0.3) is 0 Å². The Morgan fingerprint density at radius 2 is 1.89 bits per heavy atom. The lowest BCUT2D eigenvalue weighted by molar-refractivity contribution is -0.135. The molecule has 0 aromatic rings. The number of hydrogen-bond donors (Lipinski definition) is 1. The summed E-state index contributed by atoms with van der Waals surface area (Å²) in [6.07, 6.45) is 3.57. The van der Waals surface area contributed by atoms with Crippen molar-refractivity contribution in [1.82, 2.24) is 15.1 Å². The second-order valence-electron chi connectivity index (χ2n) is 6.13. The molecule has 4 nitrogen and oxygen atoms in total. The van der Waals surface area contributed by atoms with Crippen molar-refractivity contribution >= 4 is 5.91 Å². The molecule has 1 saturated carbocycles. The molecule has 3 fully saturated rings. The van der Waals surface area contributed by atoms with E-state index in [1.807, 2.05) is 0 Å². The van der Waals surface area contributed by atoms with Gasteiger partial charge < -0.3 is 15.1 Å². The summed E-state index contributed by atoms with van der Waals surface area (Å²) in [4.78, 5) is 17.1. The highest BCUT2D eigenvalue weighted by molar-refractivity contribution is 5.82. The second kappa shape index (κ2) is 4.82. The molecule has 102 valence electrons. The molecule has 2 saturated heterocycles. The van der Waals surface area contributed by atoms with E-state index < -0.39 is 0 Å². The minimum absolute atomic E-state index is 0.354. The van der Waals surface area contributed by atoms with Crippen LogP contribution in [0.4, 0.5) is 0 Å². The fourth-order valence-electron chi connectivity index (χ4n) is 3.68. The predicted octanol–water partition coefficient (Wildman–Crippen LogP) is 0.540. The van der Waals surface area contributed by atoms with Crippen molar-refractivity contribution in [3.8, 4) is 0 Å². The maximum absolute atomic E-state index is 12.5. The molecule has 1 aliphatic carbocycles. The van der Waals surface area contributed by atoms with Gasteiger partial charge in [0.15, 0.2) is 0 Å². The summed E-state index contributed by atoms with van der Waals surface area (Å²) < 4.78 is 0. The predicted molar refractivity (Wildman–Crippen MR) is 71.3 cm³/mol. The van der Waals surface area contributed by atoms with Crippen molar-refractivity contribution < 1.29 is 4.79 Å². The van der Waals surface area contributed by atoms with Gasteiger partial charge in [-0.25, -0.2) is 0 Å². The number of carbonyl (C=O) groups excluding carboxylic acids is 1. The highest BCUT2D eigenvalue weighted by atomic mass is 16.2. The monoisotopic (exact) mass is 251 g/mol. The van der Waals surface area contributed by atoms with E-state index in [0.717, 1.165) is 52.2 Å². The van der Waals surface area contributed by atoms with Crippen molar-refractivity contribution in [3.05, 3.63) is 0 Å². The molecule has 0 aromatic carbocycles. The molecule has 3 aliphatic rings. The molecule has 0 radical (unpaired) electrons. The van der Waals surface area contributed by atoms with Crippen LogP contribution in [0.5, 0.6) is 0 Å². The number of carbonyl (C=O) groups is 1. The molecule has 0 aromatic heterocycles. The summed E-state index contributed by atoms with van der Waals surface area (Å²) in [6, 6.07) is 0. The molecule has 1 atom stereocenters. The molecule has 2 heterocycles. The van der Waals surface area contributed by atoms with Gasteiger partial charge in [-0.05, 0) is 44.3 Å². The van der Waals surface area contributed by atoms with Crippen LogP contribution in [0, 0.1) is 11.3 Å². The Kier molecular flexibility index (Phi) is 3.32. The van der Waals surface area contributed by atoms with Crippen LogP contribution in [0.1, 0.15) is 26.2 Å². The molecule has 1 amide bonds. The number of nitrogens with zero attached hydrogens (tertiary/aromatic N) is 2. The smallest absolute Gasteiger partial charge is 0.226 e. The number of piperazine rings is 1. The Hall–Kier alpha value is -0.610. The third kappa shape index (κ3) is 2.16. The summed E-state index contributed by atoms with van der Waals surface area (Å²) in [5.41, 5.74) is 0.393. The first-order chi connectivity index (χ1) is 8.75. The molecule has 0 bridgehead atoms. The average molecular weight is 251 g/mol. The van der Waals surface area contributed by atoms with E-state index >= 15 is 0 Å². The number of hydrogen-bond acceptors (Lipinski definition) is 3. The van der Waals surface area contributed by atoms with Gasteiger partial charge in [0.05, 0.1) is 0 Å². The largest absolute Gasteiger partial charge is 0.340 e. The van der Waals surface area contributed by atoms with Crippen LogP contribution >= 0.6 is 0 Å². The van der Waals surface area contributed by atoms with E-state index in [9.17, 15) is 4.79 Å². The Balaban J connectivity index is 1.54. The molecule has 1 N–H and O–H groups in total. The summed E-state index contributed by atoms with van der Waals surface area (Å²) in [5, 5.41) is 3.40. The van der Waals surface area contributed by atoms with Gasteiger partial charge in [0.2, 0.25) is 5.91 Å². The minimum atomic E-state index is 0.354. The van der Waals surface area contributed by atoms with E-state index in [0.29, 0.717) is 17.2 Å². The van der Waals surface area contributed by atoms with Crippen molar-refractivity contribution in [1.29, 1.82) is 0 Å². The molecule has 1 spiro atoms. The highest BCUT2D eigenvalue weighted by Crippen LogP contribution is 2.59. The zero-order valence-corrected chi connectivity index (χ0v) is 11.5. The first-order valence-corrected chi connectivity index (χ1v) is 7.47. The van der Waals surface area contributed by atoms with Gasteiger partial charge in [-0.1, -0.05) is 6.92 Å². The van der Waals surface area contributed by atoms with Gasteiger partial charge in [0.1, 0.15) is 0 Å². The third-order valence-corrected chi connectivity index (χ3v) is 5.22. The topological polar surface area (TPSA) is 35.6 Å². The van der Waals surface area contributed by atoms with Crippen LogP contribution in [0.2, 0.25) is 0 Å². The Morgan fingerprint density at radius 3 is 2.50 bits per heavy atom. The van der Waals surface area contributed by atoms with Gasteiger partial charge in [0, 0.05) is 32.1 Å². The molecule has 2 aliphatic heterocycles. The van der Waals surface area contributed by atoms with E-state index in [1.165, 1.54) is 12.8 Å². The van der Waals surface area contributed by atoms with Crippen LogP contribution < -0.4 is 5.32 Å². The quantitative estimate of drug-likeness (QED) is 0.778. The molecule has 18 heavy (non-hydrogen) atoms. The fraction of sp³-hybridized carbons (Fsp3) is 0.929. The van der Waals surface area contributed by atoms with Crippen LogP contribution in [0.15, 0.2) is 0 Å². The average Bonchev–Trinajstić information content (AvgIpc) is 3.12. The summed E-state index contributed by atoms with van der Waals surface area (Å²) >= 11 is 0.